The average molecular weight is 241 g/mol. The molecule has 0 saturated carbocycles. The standard InChI is InChI=1S/C14H31N3/c1-7-10-17-14(5,6)12(15)16-11-8-9-13(2,3)4/h17H,7-11H2,1-6H3,(H2,15,16). The van der Waals surface area contributed by atoms with Gasteiger partial charge < -0.3 is 11.1 Å². The molecular weight excluding hydrogens is 210 g/mol. The fraction of sp³-hybridized carbons (Fsp3) is 0.929. The van der Waals surface area contributed by atoms with E-state index < -0.39 is 0 Å². The van der Waals surface area contributed by atoms with Crippen LogP contribution in [0.5, 0.6) is 0 Å². The van der Waals surface area contributed by atoms with Gasteiger partial charge in [-0.25, -0.2) is 0 Å². The Morgan fingerprint density at radius 2 is 1.76 bits per heavy atom. The summed E-state index contributed by atoms with van der Waals surface area (Å²) in [5.41, 5.74) is 6.24. The van der Waals surface area contributed by atoms with Crippen LogP contribution in [0.25, 0.3) is 0 Å². The minimum absolute atomic E-state index is 0.183. The highest BCUT2D eigenvalue weighted by atomic mass is 15.0. The number of hydrogen-bond donors (Lipinski definition) is 2. The van der Waals surface area contributed by atoms with Gasteiger partial charge in [-0.3, -0.25) is 4.99 Å². The molecular formula is C14H31N3. The van der Waals surface area contributed by atoms with Gasteiger partial charge in [-0.15, -0.1) is 0 Å². The fourth-order valence-corrected chi connectivity index (χ4v) is 1.53. The maximum absolute atomic E-state index is 6.03. The lowest BCUT2D eigenvalue weighted by atomic mass is 9.91. The van der Waals surface area contributed by atoms with Crippen LogP contribution < -0.4 is 11.1 Å². The SMILES string of the molecule is CCCNC(C)(C)C(N)=NCCCC(C)(C)C. The minimum Gasteiger partial charge on any atom is -0.386 e. The zero-order valence-corrected chi connectivity index (χ0v) is 12.6. The number of nitrogens with two attached hydrogens (primary N) is 1. The average Bonchev–Trinajstić information content (AvgIpc) is 2.19. The maximum Gasteiger partial charge on any atom is 0.114 e. The number of nitrogens with one attached hydrogen (secondary N) is 1. The molecule has 0 aromatic heterocycles. The highest BCUT2D eigenvalue weighted by Crippen LogP contribution is 2.20. The molecule has 17 heavy (non-hydrogen) atoms. The predicted molar refractivity (Wildman–Crippen MR) is 77.6 cm³/mol. The van der Waals surface area contributed by atoms with E-state index in [2.05, 4.69) is 51.9 Å². The Hall–Kier alpha value is -0.570. The van der Waals surface area contributed by atoms with Crippen molar-refractivity contribution in [3.05, 3.63) is 0 Å². The first-order valence-corrected chi connectivity index (χ1v) is 6.74. The summed E-state index contributed by atoms with van der Waals surface area (Å²) in [4.78, 5) is 4.48. The molecule has 0 aliphatic heterocycles. The lowest BCUT2D eigenvalue weighted by Gasteiger charge is -2.25. The fourth-order valence-electron chi connectivity index (χ4n) is 1.53. The number of nitrogens with zero attached hydrogens (tertiary/aromatic N) is 1. The molecule has 0 aliphatic rings. The molecule has 0 bridgehead atoms. The molecule has 3 N–H and O–H groups in total. The second-order valence-electron chi connectivity index (χ2n) is 6.48. The topological polar surface area (TPSA) is 50.4 Å². The molecule has 3 nitrogen and oxygen atoms in total. The molecule has 0 spiro atoms. The van der Waals surface area contributed by atoms with E-state index in [9.17, 15) is 0 Å². The van der Waals surface area contributed by atoms with Gasteiger partial charge in [0.1, 0.15) is 5.84 Å². The third-order valence-electron chi connectivity index (χ3n) is 2.82. The molecule has 0 aliphatic carbocycles. The van der Waals surface area contributed by atoms with Gasteiger partial charge in [0.05, 0.1) is 5.54 Å². The Bertz CT molecular complexity index is 236. The van der Waals surface area contributed by atoms with Gasteiger partial charge in [0.2, 0.25) is 0 Å². The van der Waals surface area contributed by atoms with Gasteiger partial charge in [-0.1, -0.05) is 27.7 Å². The van der Waals surface area contributed by atoms with Crippen LogP contribution in [0.15, 0.2) is 4.99 Å². The summed E-state index contributed by atoms with van der Waals surface area (Å²) < 4.78 is 0. The van der Waals surface area contributed by atoms with Crippen LogP contribution in [0.1, 0.15) is 60.8 Å². The van der Waals surface area contributed by atoms with Crippen LogP contribution in [0.2, 0.25) is 0 Å². The van der Waals surface area contributed by atoms with Crippen LogP contribution in [-0.4, -0.2) is 24.5 Å². The van der Waals surface area contributed by atoms with Gasteiger partial charge in [-0.05, 0) is 45.1 Å². The highest BCUT2D eigenvalue weighted by Gasteiger charge is 2.21. The zero-order valence-electron chi connectivity index (χ0n) is 12.6. The van der Waals surface area contributed by atoms with Crippen molar-refractivity contribution in [3.63, 3.8) is 0 Å². The van der Waals surface area contributed by atoms with Gasteiger partial charge in [-0.2, -0.15) is 0 Å². The van der Waals surface area contributed by atoms with E-state index in [0.29, 0.717) is 5.41 Å². The summed E-state index contributed by atoms with van der Waals surface area (Å²) in [6.45, 7) is 14.9. The molecule has 0 aromatic rings. The van der Waals surface area contributed by atoms with Crippen molar-refractivity contribution in [1.29, 1.82) is 0 Å². The van der Waals surface area contributed by atoms with Gasteiger partial charge >= 0.3 is 0 Å². The normalized spacial score (nSPS) is 14.1. The Labute approximate surface area is 107 Å². The zero-order chi connectivity index (χ0) is 13.5. The smallest absolute Gasteiger partial charge is 0.114 e. The Morgan fingerprint density at radius 3 is 2.24 bits per heavy atom. The lowest BCUT2D eigenvalue weighted by Crippen LogP contribution is -2.51. The maximum atomic E-state index is 6.03. The monoisotopic (exact) mass is 241 g/mol. The largest absolute Gasteiger partial charge is 0.386 e. The van der Waals surface area contributed by atoms with Crippen molar-refractivity contribution in [2.75, 3.05) is 13.1 Å². The van der Waals surface area contributed by atoms with E-state index in [1.165, 1.54) is 6.42 Å². The predicted octanol–water partition coefficient (Wildman–Crippen LogP) is 2.95. The first-order chi connectivity index (χ1) is 7.69. The van der Waals surface area contributed by atoms with E-state index in [-0.39, 0.29) is 5.54 Å². The van der Waals surface area contributed by atoms with Crippen LogP contribution in [0.3, 0.4) is 0 Å². The third kappa shape index (κ3) is 8.19. The molecule has 0 unspecified atom stereocenters. The molecule has 0 radical (unpaired) electrons. The van der Waals surface area contributed by atoms with Crippen LogP contribution in [0.4, 0.5) is 0 Å². The molecule has 0 aromatic carbocycles. The Kier molecular flexibility index (Phi) is 6.76. The summed E-state index contributed by atoms with van der Waals surface area (Å²) in [6, 6.07) is 0. The summed E-state index contributed by atoms with van der Waals surface area (Å²) in [5.74, 6) is 0.722. The molecule has 0 amide bonds. The number of aliphatic imine (C=N–C) groups is 1. The van der Waals surface area contributed by atoms with Crippen LogP contribution >= 0.6 is 0 Å². The minimum atomic E-state index is -0.183. The molecule has 0 atom stereocenters. The quantitative estimate of drug-likeness (QED) is 0.409. The first kappa shape index (κ1) is 16.4. The van der Waals surface area contributed by atoms with E-state index in [0.717, 1.165) is 31.8 Å². The summed E-state index contributed by atoms with van der Waals surface area (Å²) in [7, 11) is 0. The van der Waals surface area contributed by atoms with E-state index in [1.807, 2.05) is 0 Å². The van der Waals surface area contributed by atoms with E-state index in [4.69, 9.17) is 5.73 Å². The van der Waals surface area contributed by atoms with Gasteiger partial charge in [0, 0.05) is 6.54 Å². The van der Waals surface area contributed by atoms with Crippen LogP contribution in [0, 0.1) is 5.41 Å². The number of rotatable bonds is 7. The van der Waals surface area contributed by atoms with Crippen molar-refractivity contribution in [3.8, 4) is 0 Å². The molecule has 0 rings (SSSR count). The van der Waals surface area contributed by atoms with Crippen molar-refractivity contribution >= 4 is 5.84 Å². The number of amidine groups is 1. The van der Waals surface area contributed by atoms with E-state index in [1.54, 1.807) is 0 Å². The van der Waals surface area contributed by atoms with Crippen LogP contribution in [-0.2, 0) is 0 Å². The molecule has 3 heteroatoms. The van der Waals surface area contributed by atoms with Crippen molar-refractivity contribution in [2.24, 2.45) is 16.1 Å². The molecule has 102 valence electrons. The molecule has 0 fully saturated rings. The summed E-state index contributed by atoms with van der Waals surface area (Å²) >= 11 is 0. The Morgan fingerprint density at radius 1 is 1.18 bits per heavy atom. The second-order valence-corrected chi connectivity index (χ2v) is 6.48. The molecule has 0 heterocycles. The van der Waals surface area contributed by atoms with E-state index >= 15 is 0 Å². The lowest BCUT2D eigenvalue weighted by molar-refractivity contribution is 0.368. The second kappa shape index (κ2) is 7.00. The van der Waals surface area contributed by atoms with Crippen molar-refractivity contribution in [1.82, 2.24) is 5.32 Å². The van der Waals surface area contributed by atoms with Crippen molar-refractivity contribution < 1.29 is 0 Å². The molecule has 0 saturated heterocycles. The van der Waals surface area contributed by atoms with Gasteiger partial charge in [0.25, 0.3) is 0 Å². The summed E-state index contributed by atoms with van der Waals surface area (Å²) in [5, 5.41) is 3.41. The first-order valence-electron chi connectivity index (χ1n) is 6.74. The third-order valence-corrected chi connectivity index (χ3v) is 2.82. The highest BCUT2D eigenvalue weighted by molar-refractivity contribution is 5.89. The Balaban J connectivity index is 4.07. The van der Waals surface area contributed by atoms with Crippen molar-refractivity contribution in [2.45, 2.75) is 66.3 Å². The summed E-state index contributed by atoms with van der Waals surface area (Å²) in [6.07, 6.45) is 3.40. The number of hydrogen-bond acceptors (Lipinski definition) is 2. The van der Waals surface area contributed by atoms with Gasteiger partial charge in [0.15, 0.2) is 0 Å².